The Morgan fingerprint density at radius 3 is 2.21 bits per heavy atom. The molecule has 3 rings (SSSR count). The van der Waals surface area contributed by atoms with Crippen molar-refractivity contribution in [3.63, 3.8) is 0 Å². The van der Waals surface area contributed by atoms with Gasteiger partial charge in [0, 0.05) is 0 Å². The molecule has 0 aliphatic rings. The second-order valence-corrected chi connectivity index (χ2v) is 8.61. The van der Waals surface area contributed by atoms with Crippen LogP contribution in [-0.2, 0) is 22.6 Å². The smallest absolute Gasteiger partial charge is 0.344 e. The summed E-state index contributed by atoms with van der Waals surface area (Å²) in [5.41, 5.74) is 7.18. The molecule has 0 heterocycles. The third-order valence-corrected chi connectivity index (χ3v) is 5.65. The molecule has 3 aromatic carbocycles. The topological polar surface area (TPSA) is 44.8 Å². The SMILES string of the molecule is CCOC(=O)COc1cc(C)c(Cc2ccc(OCc3ccccc3)c(C(C)C)c2)c(C)c1. The van der Waals surface area contributed by atoms with Crippen LogP contribution in [0.3, 0.4) is 0 Å². The molecule has 0 aromatic heterocycles. The van der Waals surface area contributed by atoms with E-state index in [1.807, 2.05) is 30.3 Å². The molecule has 4 nitrogen and oxygen atoms in total. The molecule has 4 heteroatoms. The molecule has 0 unspecified atom stereocenters. The summed E-state index contributed by atoms with van der Waals surface area (Å²) in [6.45, 7) is 11.2. The fraction of sp³-hybridized carbons (Fsp3) is 0.345. The number of benzene rings is 3. The van der Waals surface area contributed by atoms with Gasteiger partial charge in [-0.1, -0.05) is 56.3 Å². The van der Waals surface area contributed by atoms with Gasteiger partial charge in [-0.2, -0.15) is 0 Å². The van der Waals surface area contributed by atoms with Gasteiger partial charge in [0.05, 0.1) is 6.61 Å². The maximum Gasteiger partial charge on any atom is 0.344 e. The van der Waals surface area contributed by atoms with Gasteiger partial charge in [-0.25, -0.2) is 4.79 Å². The minimum absolute atomic E-state index is 0.0751. The molecule has 0 aliphatic heterocycles. The lowest BCUT2D eigenvalue weighted by atomic mass is 9.93. The summed E-state index contributed by atoms with van der Waals surface area (Å²) in [5.74, 6) is 1.63. The van der Waals surface area contributed by atoms with Crippen molar-refractivity contribution in [3.05, 3.63) is 94.0 Å². The van der Waals surface area contributed by atoms with E-state index in [0.29, 0.717) is 24.9 Å². The maximum atomic E-state index is 11.6. The van der Waals surface area contributed by atoms with Crippen molar-refractivity contribution in [3.8, 4) is 11.5 Å². The van der Waals surface area contributed by atoms with Crippen molar-refractivity contribution < 1.29 is 19.0 Å². The number of rotatable bonds is 10. The summed E-state index contributed by atoms with van der Waals surface area (Å²) >= 11 is 0. The summed E-state index contributed by atoms with van der Waals surface area (Å²) in [6.07, 6.45) is 0.828. The summed E-state index contributed by atoms with van der Waals surface area (Å²) < 4.78 is 16.7. The molecular weight excluding hydrogens is 412 g/mol. The zero-order valence-corrected chi connectivity index (χ0v) is 20.3. The average molecular weight is 447 g/mol. The molecule has 0 bridgehead atoms. The first-order valence-electron chi connectivity index (χ1n) is 11.6. The molecule has 0 atom stereocenters. The van der Waals surface area contributed by atoms with Gasteiger partial charge in [-0.05, 0) is 84.7 Å². The Hall–Kier alpha value is -3.27. The van der Waals surface area contributed by atoms with Crippen LogP contribution < -0.4 is 9.47 Å². The molecule has 0 amide bonds. The largest absolute Gasteiger partial charge is 0.489 e. The van der Waals surface area contributed by atoms with Gasteiger partial charge < -0.3 is 14.2 Å². The van der Waals surface area contributed by atoms with Gasteiger partial charge >= 0.3 is 5.97 Å². The zero-order chi connectivity index (χ0) is 23.8. The maximum absolute atomic E-state index is 11.6. The van der Waals surface area contributed by atoms with Crippen molar-refractivity contribution in [2.24, 2.45) is 0 Å². The van der Waals surface area contributed by atoms with Crippen LogP contribution in [0, 0.1) is 13.8 Å². The van der Waals surface area contributed by atoms with Gasteiger partial charge in [-0.3, -0.25) is 0 Å². The van der Waals surface area contributed by atoms with Crippen molar-refractivity contribution in [2.75, 3.05) is 13.2 Å². The zero-order valence-electron chi connectivity index (χ0n) is 20.3. The van der Waals surface area contributed by atoms with E-state index in [1.165, 1.54) is 16.7 Å². The highest BCUT2D eigenvalue weighted by Gasteiger charge is 2.13. The first kappa shape index (κ1) is 24.4. The molecule has 0 saturated heterocycles. The second-order valence-electron chi connectivity index (χ2n) is 8.61. The van der Waals surface area contributed by atoms with E-state index in [-0.39, 0.29) is 12.6 Å². The van der Waals surface area contributed by atoms with Crippen LogP contribution in [0.25, 0.3) is 0 Å². The van der Waals surface area contributed by atoms with Gasteiger partial charge in [0.2, 0.25) is 0 Å². The van der Waals surface area contributed by atoms with Crippen LogP contribution in [0.2, 0.25) is 0 Å². The Morgan fingerprint density at radius 2 is 1.58 bits per heavy atom. The number of ether oxygens (including phenoxy) is 3. The van der Waals surface area contributed by atoms with E-state index in [2.05, 4.69) is 58.0 Å². The molecule has 0 fully saturated rings. The van der Waals surface area contributed by atoms with Crippen molar-refractivity contribution in [2.45, 2.75) is 53.6 Å². The van der Waals surface area contributed by atoms with Crippen LogP contribution in [0.15, 0.2) is 60.7 Å². The highest BCUT2D eigenvalue weighted by atomic mass is 16.6. The van der Waals surface area contributed by atoms with Gasteiger partial charge in [0.1, 0.15) is 18.1 Å². The second kappa shape index (κ2) is 11.6. The minimum Gasteiger partial charge on any atom is -0.489 e. The van der Waals surface area contributed by atoms with E-state index in [0.717, 1.165) is 28.9 Å². The van der Waals surface area contributed by atoms with E-state index in [1.54, 1.807) is 6.92 Å². The molecule has 3 aromatic rings. The van der Waals surface area contributed by atoms with Crippen molar-refractivity contribution >= 4 is 5.97 Å². The predicted molar refractivity (Wildman–Crippen MR) is 132 cm³/mol. The molecule has 0 N–H and O–H groups in total. The highest BCUT2D eigenvalue weighted by molar-refractivity contribution is 5.71. The first-order chi connectivity index (χ1) is 15.9. The first-order valence-corrected chi connectivity index (χ1v) is 11.6. The molecule has 0 spiro atoms. The monoisotopic (exact) mass is 446 g/mol. The fourth-order valence-electron chi connectivity index (χ4n) is 3.89. The summed E-state index contributed by atoms with van der Waals surface area (Å²) in [5, 5.41) is 0. The standard InChI is InChI=1S/C29H34O4/c1-6-31-29(30)19-32-25-14-21(4)27(22(5)15-25)17-24-12-13-28(26(16-24)20(2)3)33-18-23-10-8-7-9-11-23/h7-16,20H,6,17-19H2,1-5H3. The fourth-order valence-corrected chi connectivity index (χ4v) is 3.89. The van der Waals surface area contributed by atoms with Crippen LogP contribution in [0.1, 0.15) is 60.1 Å². The minimum atomic E-state index is -0.354. The number of hydrogen-bond donors (Lipinski definition) is 0. The summed E-state index contributed by atoms with van der Waals surface area (Å²) in [7, 11) is 0. The lowest BCUT2D eigenvalue weighted by Gasteiger charge is -2.17. The lowest BCUT2D eigenvalue weighted by molar-refractivity contribution is -0.145. The van der Waals surface area contributed by atoms with E-state index in [9.17, 15) is 4.79 Å². The Labute approximate surface area is 197 Å². The van der Waals surface area contributed by atoms with E-state index in [4.69, 9.17) is 14.2 Å². The molecule has 33 heavy (non-hydrogen) atoms. The molecule has 174 valence electrons. The Morgan fingerprint density at radius 1 is 0.879 bits per heavy atom. The van der Waals surface area contributed by atoms with Gasteiger partial charge in [0.15, 0.2) is 6.61 Å². The summed E-state index contributed by atoms with van der Waals surface area (Å²) in [6, 6.07) is 20.7. The number of carbonyl (C=O) groups is 1. The van der Waals surface area contributed by atoms with Crippen molar-refractivity contribution in [1.29, 1.82) is 0 Å². The number of esters is 1. The molecule has 0 aliphatic carbocycles. The predicted octanol–water partition coefficient (Wildman–Crippen LogP) is 6.54. The third-order valence-electron chi connectivity index (χ3n) is 5.65. The van der Waals surface area contributed by atoms with Crippen LogP contribution >= 0.6 is 0 Å². The van der Waals surface area contributed by atoms with Crippen LogP contribution in [0.4, 0.5) is 0 Å². The normalized spacial score (nSPS) is 10.8. The quantitative estimate of drug-likeness (QED) is 0.332. The number of carbonyl (C=O) groups excluding carboxylic acids is 1. The molecule has 0 radical (unpaired) electrons. The third kappa shape index (κ3) is 6.85. The molecule has 0 saturated carbocycles. The average Bonchev–Trinajstić information content (AvgIpc) is 2.80. The Balaban J connectivity index is 1.74. The number of hydrogen-bond acceptors (Lipinski definition) is 4. The van der Waals surface area contributed by atoms with Crippen molar-refractivity contribution in [1.82, 2.24) is 0 Å². The van der Waals surface area contributed by atoms with Crippen LogP contribution in [-0.4, -0.2) is 19.2 Å². The highest BCUT2D eigenvalue weighted by Crippen LogP contribution is 2.31. The van der Waals surface area contributed by atoms with Crippen LogP contribution in [0.5, 0.6) is 11.5 Å². The Kier molecular flexibility index (Phi) is 8.53. The summed E-state index contributed by atoms with van der Waals surface area (Å²) in [4.78, 5) is 11.6. The molecular formula is C29H34O4. The lowest BCUT2D eigenvalue weighted by Crippen LogP contribution is -2.14. The van der Waals surface area contributed by atoms with Gasteiger partial charge in [-0.15, -0.1) is 0 Å². The Bertz CT molecular complexity index is 1050. The number of aryl methyl sites for hydroxylation is 2. The van der Waals surface area contributed by atoms with E-state index >= 15 is 0 Å². The van der Waals surface area contributed by atoms with Gasteiger partial charge in [0.25, 0.3) is 0 Å². The van der Waals surface area contributed by atoms with E-state index < -0.39 is 0 Å².